The number of ether oxygens (including phenoxy) is 4. The highest BCUT2D eigenvalue weighted by Crippen LogP contribution is 2.48. The third-order valence-electron chi connectivity index (χ3n) is 4.09. The van der Waals surface area contributed by atoms with Crippen molar-refractivity contribution in [2.45, 2.75) is 19.4 Å². The first-order valence-electron chi connectivity index (χ1n) is 8.99. The van der Waals surface area contributed by atoms with Crippen LogP contribution in [0.4, 0.5) is 10.1 Å². The van der Waals surface area contributed by atoms with Crippen molar-refractivity contribution in [3.05, 3.63) is 49.0 Å². The Balaban J connectivity index is 1.81. The Morgan fingerprint density at radius 1 is 1.10 bits per heavy atom. The molecule has 0 atom stereocenters. The number of pyridine rings is 1. The van der Waals surface area contributed by atoms with E-state index in [2.05, 4.69) is 4.98 Å². The second kappa shape index (κ2) is 7.29. The zero-order valence-corrected chi connectivity index (χ0v) is 15.9. The Hall–Kier alpha value is -3.26. The molecule has 0 saturated carbocycles. The Bertz CT molecular complexity index is 1070. The van der Waals surface area contributed by atoms with Crippen molar-refractivity contribution in [2.24, 2.45) is 0 Å². The number of aliphatic hydroxyl groups is 1. The van der Waals surface area contributed by atoms with Gasteiger partial charge in [-0.1, -0.05) is 0 Å². The van der Waals surface area contributed by atoms with Crippen molar-refractivity contribution in [3.8, 4) is 28.7 Å². The first-order valence-corrected chi connectivity index (χ1v) is 8.99. The first kappa shape index (κ1) is 19.1. The van der Waals surface area contributed by atoms with Crippen LogP contribution in [-0.4, -0.2) is 28.9 Å². The van der Waals surface area contributed by atoms with Crippen LogP contribution in [0, 0.1) is 12.4 Å². The molecule has 1 aliphatic rings. The number of hydrogen-bond donors (Lipinski definition) is 2. The van der Waals surface area contributed by atoms with Crippen molar-refractivity contribution in [2.75, 3.05) is 18.9 Å². The fourth-order valence-electron chi connectivity index (χ4n) is 2.87. The normalized spacial score (nSPS) is 13.4. The summed E-state index contributed by atoms with van der Waals surface area (Å²) in [5.41, 5.74) is 5.25. The lowest BCUT2D eigenvalue weighted by molar-refractivity contribution is 0.0682. The van der Waals surface area contributed by atoms with Gasteiger partial charge in [0.25, 0.3) is 0 Å². The van der Waals surface area contributed by atoms with E-state index in [1.54, 1.807) is 32.0 Å². The van der Waals surface area contributed by atoms with Crippen LogP contribution in [0.1, 0.15) is 13.8 Å². The van der Waals surface area contributed by atoms with Crippen molar-refractivity contribution in [1.82, 2.24) is 4.98 Å². The molecule has 0 aliphatic carbocycles. The molecule has 0 saturated heterocycles. The van der Waals surface area contributed by atoms with Gasteiger partial charge in [0, 0.05) is 24.0 Å². The lowest BCUT2D eigenvalue weighted by Crippen LogP contribution is -2.23. The maximum Gasteiger partial charge on any atom is 0.204 e. The van der Waals surface area contributed by atoms with E-state index in [0.29, 0.717) is 52.8 Å². The maximum absolute atomic E-state index is 14.2. The molecule has 29 heavy (non-hydrogen) atoms. The molecule has 8 heteroatoms. The average Bonchev–Trinajstić information content (AvgIpc) is 2.67. The number of aromatic nitrogens is 1. The summed E-state index contributed by atoms with van der Waals surface area (Å²) in [7, 11) is 0. The Labute approximate surface area is 166 Å². The quantitative estimate of drug-likeness (QED) is 0.630. The van der Waals surface area contributed by atoms with E-state index < -0.39 is 11.4 Å². The monoisotopic (exact) mass is 399 g/mol. The van der Waals surface area contributed by atoms with E-state index >= 15 is 0 Å². The minimum absolute atomic E-state index is 0.0212. The number of anilines is 1. The molecule has 2 aromatic carbocycles. The molecule has 7 nitrogen and oxygen atoms in total. The summed E-state index contributed by atoms with van der Waals surface area (Å²) in [6.07, 6.45) is 1.53. The van der Waals surface area contributed by atoms with E-state index in [1.165, 1.54) is 24.9 Å². The third kappa shape index (κ3) is 3.97. The number of benzene rings is 2. The predicted molar refractivity (Wildman–Crippen MR) is 105 cm³/mol. The predicted octanol–water partition coefficient (Wildman–Crippen LogP) is 3.83. The SMILES string of the molecule is CC(C)(O)[CH]Oc1cc2nccc(Oc3ccc(N)cc3F)c2c2c1OCCO2. The minimum Gasteiger partial charge on any atom is -0.485 e. The topological polar surface area (TPSA) is 96.1 Å². The molecule has 0 bridgehead atoms. The van der Waals surface area contributed by atoms with Gasteiger partial charge in [-0.05, 0) is 32.0 Å². The summed E-state index contributed by atoms with van der Waals surface area (Å²) in [6.45, 7) is 5.12. The van der Waals surface area contributed by atoms with Crippen LogP contribution in [-0.2, 0) is 0 Å². The average molecular weight is 399 g/mol. The Kier molecular flexibility index (Phi) is 4.79. The molecule has 0 amide bonds. The van der Waals surface area contributed by atoms with Gasteiger partial charge in [-0.25, -0.2) is 4.39 Å². The van der Waals surface area contributed by atoms with E-state index in [-0.39, 0.29) is 5.75 Å². The molecule has 3 N–H and O–H groups in total. The smallest absolute Gasteiger partial charge is 0.204 e. The van der Waals surface area contributed by atoms with Gasteiger partial charge >= 0.3 is 0 Å². The van der Waals surface area contributed by atoms with E-state index in [0.717, 1.165) is 0 Å². The van der Waals surface area contributed by atoms with E-state index in [9.17, 15) is 9.50 Å². The summed E-state index contributed by atoms with van der Waals surface area (Å²) in [5.74, 6) is 0.872. The van der Waals surface area contributed by atoms with Crippen LogP contribution in [0.5, 0.6) is 28.7 Å². The molecule has 1 radical (unpaired) electrons. The zero-order chi connectivity index (χ0) is 20.6. The van der Waals surface area contributed by atoms with Gasteiger partial charge in [0.05, 0.1) is 16.5 Å². The van der Waals surface area contributed by atoms with Gasteiger partial charge in [0.15, 0.2) is 29.7 Å². The van der Waals surface area contributed by atoms with Crippen LogP contribution < -0.4 is 24.7 Å². The second-order valence-corrected chi connectivity index (χ2v) is 7.11. The molecular formula is C21H20FN2O5. The molecule has 151 valence electrons. The molecular weight excluding hydrogens is 379 g/mol. The molecule has 0 unspecified atom stereocenters. The molecule has 4 rings (SSSR count). The Morgan fingerprint density at radius 2 is 1.86 bits per heavy atom. The van der Waals surface area contributed by atoms with Gasteiger partial charge in [-0.2, -0.15) is 0 Å². The number of nitrogen functional groups attached to an aromatic ring is 1. The summed E-state index contributed by atoms with van der Waals surface area (Å²) >= 11 is 0. The van der Waals surface area contributed by atoms with Crippen LogP contribution >= 0.6 is 0 Å². The van der Waals surface area contributed by atoms with Crippen LogP contribution in [0.25, 0.3) is 10.9 Å². The largest absolute Gasteiger partial charge is 0.485 e. The number of nitrogens with two attached hydrogens (primary N) is 1. The van der Waals surface area contributed by atoms with Crippen molar-refractivity contribution in [1.29, 1.82) is 0 Å². The lowest BCUT2D eigenvalue weighted by Gasteiger charge is -2.25. The number of fused-ring (bicyclic) bond motifs is 3. The lowest BCUT2D eigenvalue weighted by atomic mass is 10.1. The molecule has 1 aliphatic heterocycles. The fourth-order valence-corrected chi connectivity index (χ4v) is 2.87. The second-order valence-electron chi connectivity index (χ2n) is 7.11. The van der Waals surface area contributed by atoms with Gasteiger partial charge in [-0.15, -0.1) is 0 Å². The van der Waals surface area contributed by atoms with Crippen molar-refractivity contribution < 1.29 is 28.4 Å². The van der Waals surface area contributed by atoms with Gasteiger partial charge in [0.2, 0.25) is 5.75 Å². The fraction of sp³-hybridized carbons (Fsp3) is 0.238. The molecule has 3 aromatic rings. The highest BCUT2D eigenvalue weighted by Gasteiger charge is 2.26. The number of hydrogen-bond acceptors (Lipinski definition) is 7. The highest BCUT2D eigenvalue weighted by atomic mass is 19.1. The first-order chi connectivity index (χ1) is 13.8. The zero-order valence-electron chi connectivity index (χ0n) is 15.9. The van der Waals surface area contributed by atoms with Crippen molar-refractivity contribution in [3.63, 3.8) is 0 Å². The molecule has 0 spiro atoms. The van der Waals surface area contributed by atoms with Gasteiger partial charge < -0.3 is 29.8 Å². The summed E-state index contributed by atoms with van der Waals surface area (Å²) < 4.78 is 37.2. The number of halogens is 1. The maximum atomic E-state index is 14.2. The summed E-state index contributed by atoms with van der Waals surface area (Å²) in [4.78, 5) is 4.35. The van der Waals surface area contributed by atoms with Gasteiger partial charge in [-0.3, -0.25) is 4.98 Å². The summed E-state index contributed by atoms with van der Waals surface area (Å²) in [5, 5.41) is 10.4. The van der Waals surface area contributed by atoms with E-state index in [1.807, 2.05) is 0 Å². The molecule has 1 aromatic heterocycles. The Morgan fingerprint density at radius 3 is 2.59 bits per heavy atom. The molecule has 0 fully saturated rings. The van der Waals surface area contributed by atoms with Gasteiger partial charge in [0.1, 0.15) is 19.0 Å². The van der Waals surface area contributed by atoms with Crippen LogP contribution in [0.2, 0.25) is 0 Å². The highest BCUT2D eigenvalue weighted by molar-refractivity contribution is 5.95. The van der Waals surface area contributed by atoms with Crippen LogP contribution in [0.15, 0.2) is 36.5 Å². The molecule has 2 heterocycles. The number of nitrogens with zero attached hydrogens (tertiary/aromatic N) is 1. The van der Waals surface area contributed by atoms with Crippen molar-refractivity contribution >= 4 is 16.6 Å². The summed E-state index contributed by atoms with van der Waals surface area (Å²) in [6, 6.07) is 7.45. The standard InChI is InChI=1S/C21H20FN2O5/c1-21(2,25)11-28-17-10-14-18(20-19(17)26-7-8-27-20)16(5-6-24-14)29-15-4-3-12(23)9-13(15)22/h3-6,9-11,25H,7-8,23H2,1-2H3. The van der Waals surface area contributed by atoms with E-state index in [4.69, 9.17) is 24.7 Å². The number of rotatable bonds is 5. The van der Waals surface area contributed by atoms with Crippen LogP contribution in [0.3, 0.4) is 0 Å². The minimum atomic E-state index is -1.15. The third-order valence-corrected chi connectivity index (χ3v) is 4.09.